The molecule has 7 heteroatoms. The number of hydrogen-bond acceptors (Lipinski definition) is 7. The molecule has 3 saturated carbocycles. The zero-order valence-corrected chi connectivity index (χ0v) is 16.6. The summed E-state index contributed by atoms with van der Waals surface area (Å²) in [5, 5.41) is 0. The zero-order chi connectivity index (χ0) is 19.1. The number of anilines is 3. The van der Waals surface area contributed by atoms with Crippen molar-refractivity contribution in [2.75, 3.05) is 22.1 Å². The Morgan fingerprint density at radius 2 is 1.45 bits per heavy atom. The van der Waals surface area contributed by atoms with E-state index in [2.05, 4.69) is 25.8 Å². The number of aromatic nitrogens is 4. The van der Waals surface area contributed by atoms with E-state index in [4.69, 9.17) is 15.7 Å². The van der Waals surface area contributed by atoms with Crippen molar-refractivity contribution in [3.63, 3.8) is 0 Å². The van der Waals surface area contributed by atoms with E-state index in [1.54, 1.807) is 12.4 Å². The third kappa shape index (κ3) is 2.49. The fourth-order valence-electron chi connectivity index (χ4n) is 6.98. The monoisotopic (exact) mass is 389 g/mol. The lowest BCUT2D eigenvalue weighted by atomic mass is 9.63. The molecule has 6 bridgehead atoms. The van der Waals surface area contributed by atoms with E-state index < -0.39 is 0 Å². The van der Waals surface area contributed by atoms with Crippen molar-refractivity contribution in [2.45, 2.75) is 63.1 Å². The van der Waals surface area contributed by atoms with E-state index in [0.29, 0.717) is 24.1 Å². The Morgan fingerprint density at radius 1 is 0.793 bits per heavy atom. The molecule has 0 spiro atoms. The van der Waals surface area contributed by atoms with Gasteiger partial charge in [-0.1, -0.05) is 0 Å². The minimum atomic E-state index is 0.299. The largest absolute Gasteiger partial charge is 0.368 e. The summed E-state index contributed by atoms with van der Waals surface area (Å²) in [6.07, 6.45) is 13.0. The molecule has 7 nitrogen and oxygen atoms in total. The average molecular weight is 390 g/mol. The second-order valence-electron chi connectivity index (χ2n) is 10.0. The van der Waals surface area contributed by atoms with Crippen LogP contribution in [0.1, 0.15) is 44.9 Å². The highest BCUT2D eigenvalue weighted by Gasteiger charge is 2.48. The van der Waals surface area contributed by atoms with Gasteiger partial charge in [0.2, 0.25) is 11.9 Å². The van der Waals surface area contributed by atoms with Crippen LogP contribution in [0.5, 0.6) is 0 Å². The molecule has 3 aliphatic carbocycles. The van der Waals surface area contributed by atoms with Gasteiger partial charge in [-0.25, -0.2) is 15.0 Å². The third-order valence-corrected chi connectivity index (χ3v) is 8.17. The van der Waals surface area contributed by atoms with Crippen LogP contribution < -0.4 is 15.5 Å². The van der Waals surface area contributed by atoms with Gasteiger partial charge in [0.15, 0.2) is 0 Å². The van der Waals surface area contributed by atoms with Crippen molar-refractivity contribution >= 4 is 17.7 Å². The Morgan fingerprint density at radius 3 is 2.07 bits per heavy atom. The lowest BCUT2D eigenvalue weighted by molar-refractivity contribution is 0.0892. The number of nitrogen functional groups attached to an aromatic ring is 1. The number of hydrogen-bond donors (Lipinski definition) is 1. The Bertz CT molecular complexity index is 924. The fraction of sp³-hybridized carbons (Fsp3) is 0.636. The third-order valence-electron chi connectivity index (χ3n) is 8.17. The molecule has 0 atom stereocenters. The van der Waals surface area contributed by atoms with Gasteiger partial charge >= 0.3 is 0 Å². The molecule has 2 aromatic heterocycles. The molecule has 2 N–H and O–H groups in total. The molecule has 0 aromatic carbocycles. The van der Waals surface area contributed by atoms with Gasteiger partial charge in [-0.15, -0.1) is 0 Å². The standard InChI is InChI=1S/C22H27N7/c23-21-24-9-15(10-25-21)19-8-20(27-22(26-19)28-11-14-6-16(28)7-14)29-17-2-12-1-13(4-17)5-18(29)3-12/h8-10,12-14,16-18H,1-7,11H2,(H2,23,24,25)/t12-,13-,14?,16?,17-,18+. The van der Waals surface area contributed by atoms with E-state index in [9.17, 15) is 0 Å². The quantitative estimate of drug-likeness (QED) is 0.864. The van der Waals surface area contributed by atoms with Crippen LogP contribution in [0, 0.1) is 17.8 Å². The summed E-state index contributed by atoms with van der Waals surface area (Å²) in [6.45, 7) is 1.10. The molecule has 0 radical (unpaired) electrons. The van der Waals surface area contributed by atoms with Gasteiger partial charge in [-0.2, -0.15) is 4.98 Å². The first kappa shape index (κ1) is 16.4. The van der Waals surface area contributed by atoms with E-state index in [0.717, 1.165) is 47.3 Å². The maximum atomic E-state index is 5.71. The van der Waals surface area contributed by atoms with Gasteiger partial charge in [-0.3, -0.25) is 0 Å². The zero-order valence-electron chi connectivity index (χ0n) is 16.6. The summed E-state index contributed by atoms with van der Waals surface area (Å²) < 4.78 is 0. The van der Waals surface area contributed by atoms with Crippen LogP contribution in [0.15, 0.2) is 18.5 Å². The minimum Gasteiger partial charge on any atom is -0.368 e. The fourth-order valence-corrected chi connectivity index (χ4v) is 6.98. The Labute approximate surface area is 170 Å². The van der Waals surface area contributed by atoms with E-state index >= 15 is 0 Å². The van der Waals surface area contributed by atoms with Gasteiger partial charge in [0.05, 0.1) is 5.69 Å². The SMILES string of the molecule is Nc1ncc(-c2cc(N3[C@H]4C[C@H]5C[C@H](C4)C[C@H]3C5)nc(N3CC4CC3C4)n2)cn1. The predicted molar refractivity (Wildman–Crippen MR) is 111 cm³/mol. The summed E-state index contributed by atoms with van der Waals surface area (Å²) >= 11 is 0. The molecule has 7 aliphatic rings. The molecule has 2 aromatic rings. The van der Waals surface area contributed by atoms with Crippen molar-refractivity contribution in [1.82, 2.24) is 19.9 Å². The number of fused-ring (bicyclic) bond motifs is 1. The first-order valence-corrected chi connectivity index (χ1v) is 11.2. The molecule has 4 aliphatic heterocycles. The normalized spacial score (nSPS) is 36.6. The average Bonchev–Trinajstić information content (AvgIpc) is 3.29. The second kappa shape index (κ2) is 5.80. The lowest BCUT2D eigenvalue weighted by Gasteiger charge is -2.57. The highest BCUT2D eigenvalue weighted by molar-refractivity contribution is 5.65. The molecule has 0 unspecified atom stereocenters. The molecule has 4 saturated heterocycles. The Balaban J connectivity index is 1.32. The van der Waals surface area contributed by atoms with Crippen LogP contribution in [-0.4, -0.2) is 44.6 Å². The molecular formula is C22H27N7. The molecule has 7 fully saturated rings. The van der Waals surface area contributed by atoms with Crippen molar-refractivity contribution < 1.29 is 0 Å². The first-order chi connectivity index (χ1) is 14.2. The first-order valence-electron chi connectivity index (χ1n) is 11.2. The summed E-state index contributed by atoms with van der Waals surface area (Å²) in [4.78, 5) is 23.6. The summed E-state index contributed by atoms with van der Waals surface area (Å²) in [7, 11) is 0. The van der Waals surface area contributed by atoms with Crippen molar-refractivity contribution in [3.05, 3.63) is 18.5 Å². The van der Waals surface area contributed by atoms with Crippen LogP contribution >= 0.6 is 0 Å². The van der Waals surface area contributed by atoms with Crippen LogP contribution in [0.3, 0.4) is 0 Å². The summed E-state index contributed by atoms with van der Waals surface area (Å²) in [6, 6.07) is 4.09. The van der Waals surface area contributed by atoms with Crippen molar-refractivity contribution in [3.8, 4) is 11.3 Å². The van der Waals surface area contributed by atoms with E-state index in [1.165, 1.54) is 44.9 Å². The van der Waals surface area contributed by atoms with Crippen LogP contribution in [0.25, 0.3) is 11.3 Å². The number of nitrogens with two attached hydrogens (primary N) is 1. The van der Waals surface area contributed by atoms with E-state index in [-0.39, 0.29) is 0 Å². The van der Waals surface area contributed by atoms with Gasteiger partial charge in [0.1, 0.15) is 5.82 Å². The molecule has 6 heterocycles. The molecule has 9 rings (SSSR count). The molecule has 150 valence electrons. The van der Waals surface area contributed by atoms with Crippen LogP contribution in [-0.2, 0) is 0 Å². The van der Waals surface area contributed by atoms with Gasteiger partial charge < -0.3 is 15.5 Å². The number of rotatable bonds is 3. The van der Waals surface area contributed by atoms with Gasteiger partial charge in [0.25, 0.3) is 0 Å². The maximum absolute atomic E-state index is 5.71. The molecule has 0 amide bonds. The van der Waals surface area contributed by atoms with E-state index in [1.807, 2.05) is 0 Å². The van der Waals surface area contributed by atoms with Gasteiger partial charge in [-0.05, 0) is 62.7 Å². The van der Waals surface area contributed by atoms with Crippen molar-refractivity contribution in [1.29, 1.82) is 0 Å². The lowest BCUT2D eigenvalue weighted by Crippen LogP contribution is -2.58. The number of piperidine rings is 2. The summed E-state index contributed by atoms with van der Waals surface area (Å²) in [5.74, 6) is 5.01. The topological polar surface area (TPSA) is 84.1 Å². The maximum Gasteiger partial charge on any atom is 0.228 e. The smallest absolute Gasteiger partial charge is 0.228 e. The van der Waals surface area contributed by atoms with Crippen molar-refractivity contribution in [2.24, 2.45) is 17.8 Å². The summed E-state index contributed by atoms with van der Waals surface area (Å²) in [5.41, 5.74) is 7.55. The Hall–Kier alpha value is -2.44. The van der Waals surface area contributed by atoms with Crippen LogP contribution in [0.4, 0.5) is 17.7 Å². The Kier molecular flexibility index (Phi) is 3.27. The highest BCUT2D eigenvalue weighted by atomic mass is 15.3. The highest BCUT2D eigenvalue weighted by Crippen LogP contribution is 2.51. The minimum absolute atomic E-state index is 0.299. The predicted octanol–water partition coefficient (Wildman–Crippen LogP) is 2.88. The van der Waals surface area contributed by atoms with Crippen LogP contribution in [0.2, 0.25) is 0 Å². The second-order valence-corrected chi connectivity index (χ2v) is 10.0. The van der Waals surface area contributed by atoms with Gasteiger partial charge in [0, 0.05) is 48.7 Å². The number of nitrogens with zero attached hydrogens (tertiary/aromatic N) is 6. The molecular weight excluding hydrogens is 362 g/mol. The molecule has 29 heavy (non-hydrogen) atoms.